The maximum atomic E-state index is 3.99. The van der Waals surface area contributed by atoms with Gasteiger partial charge in [-0.3, -0.25) is 0 Å². The summed E-state index contributed by atoms with van der Waals surface area (Å²) in [4.78, 5) is 0. The second-order valence-electron chi connectivity index (χ2n) is 2.91. The topological polar surface area (TPSA) is 0 Å². The quantitative estimate of drug-likeness (QED) is 0.507. The third kappa shape index (κ3) is 0.756. The first kappa shape index (κ1) is 5.96. The highest BCUT2D eigenvalue weighted by Crippen LogP contribution is 2.23. The molecule has 0 aromatic heterocycles. The molecule has 0 atom stereocenters. The lowest BCUT2D eigenvalue weighted by atomic mass is 10.1. The van der Waals surface area contributed by atoms with Gasteiger partial charge in [-0.15, -0.1) is 0 Å². The van der Waals surface area contributed by atoms with Crippen molar-refractivity contribution in [1.29, 1.82) is 0 Å². The van der Waals surface area contributed by atoms with Crippen LogP contribution in [0.15, 0.2) is 18.2 Å². The molecule has 1 aliphatic carbocycles. The second-order valence-corrected chi connectivity index (χ2v) is 2.91. The maximum Gasteiger partial charge on any atom is -0.0235 e. The van der Waals surface area contributed by atoms with E-state index in [-0.39, 0.29) is 0 Å². The van der Waals surface area contributed by atoms with E-state index in [4.69, 9.17) is 0 Å². The highest BCUT2D eigenvalue weighted by Gasteiger charge is 2.10. The van der Waals surface area contributed by atoms with Crippen LogP contribution in [0.3, 0.4) is 0 Å². The summed E-state index contributed by atoms with van der Waals surface area (Å²) < 4.78 is 0. The molecule has 0 fully saturated rings. The number of aryl methyl sites for hydroxylation is 1. The van der Waals surface area contributed by atoms with Gasteiger partial charge in [-0.05, 0) is 42.9 Å². The van der Waals surface area contributed by atoms with Crippen molar-refractivity contribution in [3.8, 4) is 0 Å². The third-order valence-corrected chi connectivity index (χ3v) is 2.24. The van der Waals surface area contributed by atoms with Crippen molar-refractivity contribution in [2.45, 2.75) is 19.3 Å². The minimum Gasteiger partial charge on any atom is -0.0617 e. The molecule has 0 heteroatoms. The summed E-state index contributed by atoms with van der Waals surface area (Å²) in [5.41, 5.74) is 4.25. The van der Waals surface area contributed by atoms with E-state index in [1.165, 1.54) is 36.0 Å². The van der Waals surface area contributed by atoms with Crippen molar-refractivity contribution in [3.05, 3.63) is 41.8 Å². The second kappa shape index (κ2) is 2.12. The van der Waals surface area contributed by atoms with Crippen LogP contribution in [0.25, 0.3) is 0 Å². The normalized spacial score (nSPS) is 15.3. The van der Waals surface area contributed by atoms with E-state index in [9.17, 15) is 0 Å². The third-order valence-electron chi connectivity index (χ3n) is 2.24. The highest BCUT2D eigenvalue weighted by molar-refractivity contribution is 5.39. The summed E-state index contributed by atoms with van der Waals surface area (Å²) in [6, 6.07) is 6.42. The molecule has 1 aromatic rings. The Labute approximate surface area is 61.9 Å². The predicted molar refractivity (Wildman–Crippen MR) is 42.9 cm³/mol. The lowest BCUT2D eigenvalue weighted by Crippen LogP contribution is -1.84. The van der Waals surface area contributed by atoms with Crippen LogP contribution >= 0.6 is 0 Å². The predicted octanol–water partition coefficient (Wildman–Crippen LogP) is 2.36. The van der Waals surface area contributed by atoms with E-state index in [0.29, 0.717) is 0 Å². The largest absolute Gasteiger partial charge is 0.0617 e. The molecule has 0 unspecified atom stereocenters. The Kier molecular flexibility index (Phi) is 1.26. The molecule has 51 valence electrons. The van der Waals surface area contributed by atoms with Crippen LogP contribution < -0.4 is 0 Å². The van der Waals surface area contributed by atoms with Gasteiger partial charge in [0.2, 0.25) is 0 Å². The Morgan fingerprint density at radius 1 is 1.20 bits per heavy atom. The van der Waals surface area contributed by atoms with E-state index in [0.717, 1.165) is 0 Å². The first-order chi connectivity index (χ1) is 4.88. The number of hydrogen-bond acceptors (Lipinski definition) is 0. The summed E-state index contributed by atoms with van der Waals surface area (Å²) in [6.45, 7) is 3.99. The molecule has 10 heavy (non-hydrogen) atoms. The van der Waals surface area contributed by atoms with Gasteiger partial charge in [0.05, 0.1) is 0 Å². The Hall–Kier alpha value is -0.780. The zero-order valence-corrected chi connectivity index (χ0v) is 6.06. The van der Waals surface area contributed by atoms with E-state index >= 15 is 0 Å². The smallest absolute Gasteiger partial charge is 0.0235 e. The minimum atomic E-state index is 1.23. The van der Waals surface area contributed by atoms with Gasteiger partial charge in [0.1, 0.15) is 0 Å². The van der Waals surface area contributed by atoms with Crippen LogP contribution in [-0.2, 0) is 12.8 Å². The maximum absolute atomic E-state index is 3.99. The molecule has 0 N–H and O–H groups in total. The molecule has 2 rings (SSSR count). The monoisotopic (exact) mass is 131 g/mol. The Bertz CT molecular complexity index is 248. The van der Waals surface area contributed by atoms with Crippen molar-refractivity contribution in [1.82, 2.24) is 0 Å². The Morgan fingerprint density at radius 2 is 2.10 bits per heavy atom. The van der Waals surface area contributed by atoms with Crippen molar-refractivity contribution < 1.29 is 0 Å². The molecular weight excluding hydrogens is 120 g/mol. The number of rotatable bonds is 0. The fraction of sp³-hybridized carbons (Fsp3) is 0.300. The molecule has 0 aliphatic heterocycles. The van der Waals surface area contributed by atoms with Crippen molar-refractivity contribution >= 4 is 0 Å². The van der Waals surface area contributed by atoms with Gasteiger partial charge >= 0.3 is 0 Å². The van der Waals surface area contributed by atoms with Gasteiger partial charge in [0, 0.05) is 0 Å². The van der Waals surface area contributed by atoms with Crippen LogP contribution in [0, 0.1) is 6.92 Å². The zero-order valence-electron chi connectivity index (χ0n) is 6.06. The molecule has 1 radical (unpaired) electrons. The van der Waals surface area contributed by atoms with Gasteiger partial charge in [-0.1, -0.05) is 18.2 Å². The molecule has 0 nitrogen and oxygen atoms in total. The lowest BCUT2D eigenvalue weighted by molar-refractivity contribution is 0.910. The lowest BCUT2D eigenvalue weighted by Gasteiger charge is -2.00. The van der Waals surface area contributed by atoms with E-state index < -0.39 is 0 Å². The minimum absolute atomic E-state index is 1.23. The van der Waals surface area contributed by atoms with Crippen LogP contribution in [-0.4, -0.2) is 0 Å². The highest BCUT2D eigenvalue weighted by atomic mass is 14.2. The molecule has 0 saturated carbocycles. The van der Waals surface area contributed by atoms with Crippen LogP contribution in [0.2, 0.25) is 0 Å². The van der Waals surface area contributed by atoms with Gasteiger partial charge in [0.15, 0.2) is 0 Å². The van der Waals surface area contributed by atoms with E-state index in [1.807, 2.05) is 0 Å². The van der Waals surface area contributed by atoms with Crippen molar-refractivity contribution in [2.75, 3.05) is 0 Å². The first-order valence-corrected chi connectivity index (χ1v) is 3.80. The number of benzene rings is 1. The summed E-state index contributed by atoms with van der Waals surface area (Å²) in [7, 11) is 0. The standard InChI is InChI=1S/C10H11/c1-8-4-2-5-9-6-3-7-10(8)9/h2,4-5H,1,3,6-7H2. The van der Waals surface area contributed by atoms with E-state index in [2.05, 4.69) is 25.1 Å². The van der Waals surface area contributed by atoms with Crippen LogP contribution in [0.5, 0.6) is 0 Å². The molecule has 1 aromatic carbocycles. The van der Waals surface area contributed by atoms with Gasteiger partial charge < -0.3 is 0 Å². The molecule has 0 bridgehead atoms. The summed E-state index contributed by atoms with van der Waals surface area (Å²) in [6.07, 6.45) is 3.83. The van der Waals surface area contributed by atoms with Crippen LogP contribution in [0.1, 0.15) is 23.1 Å². The summed E-state index contributed by atoms with van der Waals surface area (Å²) >= 11 is 0. The van der Waals surface area contributed by atoms with Gasteiger partial charge in [-0.2, -0.15) is 0 Å². The average molecular weight is 131 g/mol. The number of hydrogen-bond donors (Lipinski definition) is 0. The molecule has 0 amide bonds. The van der Waals surface area contributed by atoms with Crippen LogP contribution in [0.4, 0.5) is 0 Å². The Morgan fingerprint density at radius 3 is 2.90 bits per heavy atom. The van der Waals surface area contributed by atoms with E-state index in [1.54, 1.807) is 0 Å². The molecular formula is C10H11. The fourth-order valence-corrected chi connectivity index (χ4v) is 1.70. The van der Waals surface area contributed by atoms with Crippen molar-refractivity contribution in [3.63, 3.8) is 0 Å². The molecule has 0 spiro atoms. The first-order valence-electron chi connectivity index (χ1n) is 3.80. The SMILES string of the molecule is [CH2]c1cccc2c1CCC2. The zero-order chi connectivity index (χ0) is 6.97. The fourth-order valence-electron chi connectivity index (χ4n) is 1.70. The molecule has 1 aliphatic rings. The summed E-state index contributed by atoms with van der Waals surface area (Å²) in [5.74, 6) is 0. The molecule has 0 heterocycles. The number of fused-ring (bicyclic) bond motifs is 1. The Balaban J connectivity index is 2.59. The average Bonchev–Trinajstić information content (AvgIpc) is 2.36. The van der Waals surface area contributed by atoms with Gasteiger partial charge in [0.25, 0.3) is 0 Å². The van der Waals surface area contributed by atoms with Gasteiger partial charge in [-0.25, -0.2) is 0 Å². The molecule has 0 saturated heterocycles. The van der Waals surface area contributed by atoms with Crippen molar-refractivity contribution in [2.24, 2.45) is 0 Å². The summed E-state index contributed by atoms with van der Waals surface area (Å²) in [5, 5.41) is 0.